The van der Waals surface area contributed by atoms with Crippen LogP contribution in [0.5, 0.6) is 0 Å². The zero-order valence-corrected chi connectivity index (χ0v) is 4.88. The van der Waals surface area contributed by atoms with Crippen molar-refractivity contribution in [2.24, 2.45) is 5.73 Å². The molecule has 0 radical (unpaired) electrons. The van der Waals surface area contributed by atoms with Gasteiger partial charge in [-0.3, -0.25) is 0 Å². The lowest BCUT2D eigenvalue weighted by atomic mass is 10.2. The van der Waals surface area contributed by atoms with Gasteiger partial charge in [-0.05, 0) is 12.8 Å². The number of rotatable bonds is 0. The summed E-state index contributed by atoms with van der Waals surface area (Å²) >= 11 is 0. The van der Waals surface area contributed by atoms with Crippen molar-refractivity contribution in [3.63, 3.8) is 0 Å². The van der Waals surface area contributed by atoms with E-state index in [1.807, 2.05) is 0 Å². The molecule has 0 aromatic rings. The van der Waals surface area contributed by atoms with Crippen LogP contribution in [0, 0.1) is 0 Å². The van der Waals surface area contributed by atoms with Crippen molar-refractivity contribution in [3.8, 4) is 0 Å². The first kappa shape index (κ1) is 5.57. The van der Waals surface area contributed by atoms with Crippen LogP contribution in [0.1, 0.15) is 12.8 Å². The third-order valence-corrected chi connectivity index (χ3v) is 1.23. The molecule has 2 N–H and O–H groups in total. The standard InChI is InChI=1S/C7H11N/c8-7-5-3-1-2-4-6-7/h1,3-4,6-7H,2,5,8H2. The van der Waals surface area contributed by atoms with Gasteiger partial charge in [0.1, 0.15) is 0 Å². The summed E-state index contributed by atoms with van der Waals surface area (Å²) in [7, 11) is 0. The van der Waals surface area contributed by atoms with E-state index in [4.69, 9.17) is 5.73 Å². The Morgan fingerprint density at radius 2 is 2.12 bits per heavy atom. The number of nitrogens with two attached hydrogens (primary N) is 1. The maximum absolute atomic E-state index is 5.60. The number of allylic oxidation sites excluding steroid dienone is 2. The Hall–Kier alpha value is -0.560. The van der Waals surface area contributed by atoms with E-state index in [1.54, 1.807) is 0 Å². The van der Waals surface area contributed by atoms with Crippen LogP contribution in [-0.4, -0.2) is 6.04 Å². The average Bonchev–Trinajstić information content (AvgIpc) is 1.94. The van der Waals surface area contributed by atoms with Crippen LogP contribution in [0.25, 0.3) is 0 Å². The van der Waals surface area contributed by atoms with Gasteiger partial charge in [-0.2, -0.15) is 0 Å². The predicted octanol–water partition coefficient (Wildman–Crippen LogP) is 1.22. The predicted molar refractivity (Wildman–Crippen MR) is 35.5 cm³/mol. The minimum atomic E-state index is 0.258. The topological polar surface area (TPSA) is 26.0 Å². The van der Waals surface area contributed by atoms with Crippen molar-refractivity contribution in [2.45, 2.75) is 18.9 Å². The lowest BCUT2D eigenvalue weighted by Gasteiger charge is -1.96. The molecule has 1 aliphatic rings. The molecule has 0 spiro atoms. The molecule has 44 valence electrons. The summed E-state index contributed by atoms with van der Waals surface area (Å²) in [6, 6.07) is 0.258. The summed E-state index contributed by atoms with van der Waals surface area (Å²) in [5.41, 5.74) is 5.60. The molecule has 0 aliphatic heterocycles. The Kier molecular flexibility index (Phi) is 1.86. The van der Waals surface area contributed by atoms with E-state index in [0.717, 1.165) is 12.8 Å². The first-order valence-electron chi connectivity index (χ1n) is 2.97. The van der Waals surface area contributed by atoms with Gasteiger partial charge in [0.15, 0.2) is 0 Å². The van der Waals surface area contributed by atoms with Crippen molar-refractivity contribution in [1.29, 1.82) is 0 Å². The fourth-order valence-electron chi connectivity index (χ4n) is 0.760. The van der Waals surface area contributed by atoms with Gasteiger partial charge in [0, 0.05) is 6.04 Å². The molecule has 8 heavy (non-hydrogen) atoms. The van der Waals surface area contributed by atoms with Crippen molar-refractivity contribution >= 4 is 0 Å². The molecule has 0 fully saturated rings. The summed E-state index contributed by atoms with van der Waals surface area (Å²) < 4.78 is 0. The molecule has 1 nitrogen and oxygen atoms in total. The highest BCUT2D eigenvalue weighted by atomic mass is 14.6. The van der Waals surface area contributed by atoms with Gasteiger partial charge in [0.05, 0.1) is 0 Å². The maximum Gasteiger partial charge on any atom is 0.0258 e. The normalized spacial score (nSPS) is 27.9. The molecule has 0 aromatic carbocycles. The second kappa shape index (κ2) is 2.68. The van der Waals surface area contributed by atoms with Gasteiger partial charge in [-0.15, -0.1) is 0 Å². The third-order valence-electron chi connectivity index (χ3n) is 1.23. The lowest BCUT2D eigenvalue weighted by Crippen LogP contribution is -2.14. The van der Waals surface area contributed by atoms with Gasteiger partial charge in [0.2, 0.25) is 0 Å². The highest BCUT2D eigenvalue weighted by Crippen LogP contribution is 1.99. The molecule has 0 amide bonds. The van der Waals surface area contributed by atoms with E-state index in [2.05, 4.69) is 24.3 Å². The zero-order valence-electron chi connectivity index (χ0n) is 4.88. The van der Waals surface area contributed by atoms with Gasteiger partial charge in [-0.1, -0.05) is 24.3 Å². The molecular weight excluding hydrogens is 98.1 g/mol. The van der Waals surface area contributed by atoms with Gasteiger partial charge >= 0.3 is 0 Å². The third kappa shape index (κ3) is 1.51. The maximum atomic E-state index is 5.60. The Balaban J connectivity index is 2.48. The van der Waals surface area contributed by atoms with Crippen LogP contribution >= 0.6 is 0 Å². The first-order valence-corrected chi connectivity index (χ1v) is 2.97. The summed E-state index contributed by atoms with van der Waals surface area (Å²) in [6.45, 7) is 0. The van der Waals surface area contributed by atoms with E-state index in [1.165, 1.54) is 0 Å². The highest BCUT2D eigenvalue weighted by molar-refractivity contribution is 5.04. The van der Waals surface area contributed by atoms with Crippen LogP contribution < -0.4 is 5.73 Å². The lowest BCUT2D eigenvalue weighted by molar-refractivity contribution is 0.838. The molecule has 1 aliphatic carbocycles. The SMILES string of the molecule is NC1C=CCC=CC1. The van der Waals surface area contributed by atoms with Crippen molar-refractivity contribution in [3.05, 3.63) is 24.3 Å². The number of hydrogen-bond acceptors (Lipinski definition) is 1. The Morgan fingerprint density at radius 1 is 1.25 bits per heavy atom. The van der Waals surface area contributed by atoms with Gasteiger partial charge in [-0.25, -0.2) is 0 Å². The van der Waals surface area contributed by atoms with Gasteiger partial charge in [0.25, 0.3) is 0 Å². The molecule has 0 aromatic heterocycles. The fraction of sp³-hybridized carbons (Fsp3) is 0.429. The van der Waals surface area contributed by atoms with E-state index < -0.39 is 0 Å². The fourth-order valence-corrected chi connectivity index (χ4v) is 0.760. The Bertz CT molecular complexity index is 114. The average molecular weight is 109 g/mol. The monoisotopic (exact) mass is 109 g/mol. The minimum absolute atomic E-state index is 0.258. The van der Waals surface area contributed by atoms with Crippen molar-refractivity contribution < 1.29 is 0 Å². The molecule has 1 atom stereocenters. The Labute approximate surface area is 49.9 Å². The smallest absolute Gasteiger partial charge is 0.0258 e. The number of hydrogen-bond donors (Lipinski definition) is 1. The summed E-state index contributed by atoms with van der Waals surface area (Å²) in [4.78, 5) is 0. The van der Waals surface area contributed by atoms with Crippen LogP contribution in [0.15, 0.2) is 24.3 Å². The second-order valence-corrected chi connectivity index (χ2v) is 2.03. The first-order chi connectivity index (χ1) is 3.89. The van der Waals surface area contributed by atoms with Crippen LogP contribution in [-0.2, 0) is 0 Å². The van der Waals surface area contributed by atoms with Crippen LogP contribution in [0.4, 0.5) is 0 Å². The van der Waals surface area contributed by atoms with Crippen LogP contribution in [0.2, 0.25) is 0 Å². The molecule has 0 saturated heterocycles. The molecule has 1 heteroatoms. The minimum Gasteiger partial charge on any atom is -0.324 e. The summed E-state index contributed by atoms with van der Waals surface area (Å²) in [5.74, 6) is 0. The second-order valence-electron chi connectivity index (χ2n) is 2.03. The van der Waals surface area contributed by atoms with E-state index in [-0.39, 0.29) is 6.04 Å². The molecule has 1 unspecified atom stereocenters. The van der Waals surface area contributed by atoms with Gasteiger partial charge < -0.3 is 5.73 Å². The van der Waals surface area contributed by atoms with Crippen molar-refractivity contribution in [2.75, 3.05) is 0 Å². The van der Waals surface area contributed by atoms with E-state index in [0.29, 0.717) is 0 Å². The van der Waals surface area contributed by atoms with Crippen LogP contribution in [0.3, 0.4) is 0 Å². The quantitative estimate of drug-likeness (QED) is 0.465. The summed E-state index contributed by atoms with van der Waals surface area (Å²) in [5, 5.41) is 0. The molecule has 0 saturated carbocycles. The van der Waals surface area contributed by atoms with Crippen molar-refractivity contribution in [1.82, 2.24) is 0 Å². The zero-order chi connectivity index (χ0) is 5.82. The summed E-state index contributed by atoms with van der Waals surface area (Å²) in [6.07, 6.45) is 10.5. The van der Waals surface area contributed by atoms with E-state index in [9.17, 15) is 0 Å². The largest absolute Gasteiger partial charge is 0.324 e. The highest BCUT2D eigenvalue weighted by Gasteiger charge is 1.93. The van der Waals surface area contributed by atoms with E-state index >= 15 is 0 Å². The molecular formula is C7H11N. The molecule has 0 heterocycles. The Morgan fingerprint density at radius 3 is 3.00 bits per heavy atom. The molecule has 0 bridgehead atoms. The molecule has 1 rings (SSSR count).